The molecule has 152 valence electrons. The fourth-order valence-corrected chi connectivity index (χ4v) is 4.62. The van der Waals surface area contributed by atoms with E-state index in [1.807, 2.05) is 6.92 Å². The van der Waals surface area contributed by atoms with Gasteiger partial charge in [-0.15, -0.1) is 0 Å². The summed E-state index contributed by atoms with van der Waals surface area (Å²) in [6.45, 7) is 7.02. The van der Waals surface area contributed by atoms with Gasteiger partial charge in [-0.1, -0.05) is 6.92 Å². The Kier molecular flexibility index (Phi) is 5.00. The molecule has 0 bridgehead atoms. The Hall–Kier alpha value is -1.14. The van der Waals surface area contributed by atoms with Crippen LogP contribution in [0.5, 0.6) is 0 Å². The second kappa shape index (κ2) is 7.03. The number of ether oxygens (including phenoxy) is 4. The van der Waals surface area contributed by atoms with Crippen LogP contribution in [0.3, 0.4) is 0 Å². The number of epoxide rings is 2. The predicted octanol–water partition coefficient (Wildman–Crippen LogP) is 3.01. The van der Waals surface area contributed by atoms with Crippen LogP contribution in [0.1, 0.15) is 65.7 Å². The van der Waals surface area contributed by atoms with E-state index in [-0.39, 0.29) is 53.1 Å². The number of hydrogen-bond acceptors (Lipinski definition) is 6. The van der Waals surface area contributed by atoms with E-state index < -0.39 is 0 Å². The summed E-state index contributed by atoms with van der Waals surface area (Å²) in [6.07, 6.45) is 6.33. The van der Waals surface area contributed by atoms with Crippen molar-refractivity contribution < 1.29 is 28.5 Å². The first-order valence-corrected chi connectivity index (χ1v) is 10.5. The van der Waals surface area contributed by atoms with Crippen LogP contribution in [0.25, 0.3) is 0 Å². The third kappa shape index (κ3) is 4.16. The number of fused-ring (bicyclic) bond motifs is 2. The van der Waals surface area contributed by atoms with Gasteiger partial charge in [-0.05, 0) is 64.7 Å². The molecule has 0 spiro atoms. The SMILES string of the molecule is CC(CCOC(=O)C1CCC2(C)OC2C1)COC(=O)C1CCC2(C)OC2C1. The molecular weight excluding hydrogens is 348 g/mol. The van der Waals surface area contributed by atoms with Crippen molar-refractivity contribution >= 4 is 11.9 Å². The first kappa shape index (κ1) is 19.2. The molecule has 2 saturated heterocycles. The van der Waals surface area contributed by atoms with Gasteiger partial charge in [-0.2, -0.15) is 0 Å². The van der Waals surface area contributed by atoms with Crippen molar-refractivity contribution in [3.05, 3.63) is 0 Å². The summed E-state index contributed by atoms with van der Waals surface area (Å²) >= 11 is 0. The molecule has 2 aliphatic heterocycles. The maximum atomic E-state index is 12.2. The minimum Gasteiger partial charge on any atom is -0.465 e. The van der Waals surface area contributed by atoms with E-state index in [9.17, 15) is 9.59 Å². The van der Waals surface area contributed by atoms with Crippen LogP contribution in [0.2, 0.25) is 0 Å². The molecule has 27 heavy (non-hydrogen) atoms. The van der Waals surface area contributed by atoms with Gasteiger partial charge in [0.15, 0.2) is 0 Å². The Balaban J connectivity index is 1.09. The Morgan fingerprint density at radius 2 is 1.48 bits per heavy atom. The highest BCUT2D eigenvalue weighted by Gasteiger charge is 2.57. The number of carbonyl (C=O) groups is 2. The van der Waals surface area contributed by atoms with Crippen molar-refractivity contribution in [2.75, 3.05) is 13.2 Å². The summed E-state index contributed by atoms with van der Waals surface area (Å²) in [4.78, 5) is 24.5. The molecule has 0 N–H and O–H groups in total. The van der Waals surface area contributed by atoms with Gasteiger partial charge in [-0.25, -0.2) is 0 Å². The lowest BCUT2D eigenvalue weighted by Gasteiger charge is -2.22. The zero-order valence-corrected chi connectivity index (χ0v) is 16.7. The largest absolute Gasteiger partial charge is 0.465 e. The van der Waals surface area contributed by atoms with Gasteiger partial charge in [0.25, 0.3) is 0 Å². The number of esters is 2. The molecule has 0 aromatic heterocycles. The Bertz CT molecular complexity index is 605. The Morgan fingerprint density at radius 3 is 2.00 bits per heavy atom. The van der Waals surface area contributed by atoms with Crippen LogP contribution < -0.4 is 0 Å². The lowest BCUT2D eigenvalue weighted by atomic mass is 9.83. The van der Waals surface area contributed by atoms with Crippen LogP contribution in [0.15, 0.2) is 0 Å². The molecule has 2 saturated carbocycles. The molecule has 0 aromatic carbocycles. The number of hydrogen-bond donors (Lipinski definition) is 0. The quantitative estimate of drug-likeness (QED) is 0.499. The summed E-state index contributed by atoms with van der Waals surface area (Å²) in [7, 11) is 0. The van der Waals surface area contributed by atoms with Gasteiger partial charge in [0.2, 0.25) is 0 Å². The van der Waals surface area contributed by atoms with Crippen molar-refractivity contribution in [1.29, 1.82) is 0 Å². The molecule has 4 aliphatic rings. The second-order valence-corrected chi connectivity index (χ2v) is 9.47. The third-order valence-corrected chi connectivity index (χ3v) is 7.08. The smallest absolute Gasteiger partial charge is 0.309 e. The molecule has 7 unspecified atom stereocenters. The van der Waals surface area contributed by atoms with Crippen molar-refractivity contribution in [2.45, 2.75) is 89.1 Å². The van der Waals surface area contributed by atoms with Crippen LogP contribution in [-0.2, 0) is 28.5 Å². The summed E-state index contributed by atoms with van der Waals surface area (Å²) in [5, 5.41) is 0. The van der Waals surface area contributed by atoms with Gasteiger partial charge < -0.3 is 18.9 Å². The number of rotatable bonds is 7. The minimum absolute atomic E-state index is 0.0243. The summed E-state index contributed by atoms with van der Waals surface area (Å²) in [5.74, 6) is -0.0933. The highest BCUT2D eigenvalue weighted by molar-refractivity contribution is 5.73. The van der Waals surface area contributed by atoms with Crippen molar-refractivity contribution in [3.8, 4) is 0 Å². The Labute approximate surface area is 161 Å². The normalized spacial score (nSPS) is 43.1. The second-order valence-electron chi connectivity index (χ2n) is 9.47. The first-order valence-electron chi connectivity index (χ1n) is 10.5. The maximum absolute atomic E-state index is 12.2. The Morgan fingerprint density at radius 1 is 0.963 bits per heavy atom. The van der Waals surface area contributed by atoms with E-state index >= 15 is 0 Å². The zero-order valence-electron chi connectivity index (χ0n) is 16.7. The zero-order chi connectivity index (χ0) is 19.2. The summed E-state index contributed by atoms with van der Waals surface area (Å²) in [5.41, 5.74) is 0.0499. The standard InChI is InChI=1S/C21H32O6/c1-13(12-25-19(23)15-5-8-21(3)17(11-15)27-21)6-9-24-18(22)14-4-7-20(2)16(10-14)26-20/h13-17H,4-12H2,1-3H3. The highest BCUT2D eigenvalue weighted by Crippen LogP contribution is 2.50. The first-order chi connectivity index (χ1) is 12.8. The van der Waals surface area contributed by atoms with Crippen LogP contribution in [-0.4, -0.2) is 48.6 Å². The van der Waals surface area contributed by atoms with E-state index in [0.717, 1.165) is 38.5 Å². The highest BCUT2D eigenvalue weighted by atomic mass is 16.6. The predicted molar refractivity (Wildman–Crippen MR) is 96.9 cm³/mol. The molecular formula is C21H32O6. The van der Waals surface area contributed by atoms with E-state index in [0.29, 0.717) is 19.6 Å². The van der Waals surface area contributed by atoms with Gasteiger partial charge in [-0.3, -0.25) is 9.59 Å². The number of carbonyl (C=O) groups excluding carboxylic acids is 2. The summed E-state index contributed by atoms with van der Waals surface area (Å²) in [6, 6.07) is 0. The molecule has 0 amide bonds. The van der Waals surface area contributed by atoms with Crippen LogP contribution in [0, 0.1) is 17.8 Å². The monoisotopic (exact) mass is 380 g/mol. The lowest BCUT2D eigenvalue weighted by Crippen LogP contribution is -2.29. The topological polar surface area (TPSA) is 77.7 Å². The molecule has 2 aliphatic carbocycles. The molecule has 0 aromatic rings. The van der Waals surface area contributed by atoms with Crippen molar-refractivity contribution in [3.63, 3.8) is 0 Å². The van der Waals surface area contributed by atoms with E-state index in [1.165, 1.54) is 0 Å². The van der Waals surface area contributed by atoms with Gasteiger partial charge >= 0.3 is 11.9 Å². The average Bonchev–Trinajstić information content (AvgIpc) is 3.50. The van der Waals surface area contributed by atoms with Gasteiger partial charge in [0.05, 0.1) is 48.5 Å². The van der Waals surface area contributed by atoms with E-state index in [4.69, 9.17) is 18.9 Å². The lowest BCUT2D eigenvalue weighted by molar-refractivity contribution is -0.153. The molecule has 4 rings (SSSR count). The molecule has 6 heteroatoms. The third-order valence-electron chi connectivity index (χ3n) is 7.08. The molecule has 4 fully saturated rings. The van der Waals surface area contributed by atoms with Gasteiger partial charge in [0.1, 0.15) is 0 Å². The van der Waals surface area contributed by atoms with Crippen LogP contribution in [0.4, 0.5) is 0 Å². The fraction of sp³-hybridized carbons (Fsp3) is 0.905. The molecule has 7 atom stereocenters. The minimum atomic E-state index is -0.105. The van der Waals surface area contributed by atoms with Crippen molar-refractivity contribution in [2.24, 2.45) is 17.8 Å². The van der Waals surface area contributed by atoms with Crippen molar-refractivity contribution in [1.82, 2.24) is 0 Å². The summed E-state index contributed by atoms with van der Waals surface area (Å²) < 4.78 is 22.2. The maximum Gasteiger partial charge on any atom is 0.309 e. The molecule has 6 nitrogen and oxygen atoms in total. The fourth-order valence-electron chi connectivity index (χ4n) is 4.62. The average molecular weight is 380 g/mol. The van der Waals surface area contributed by atoms with Crippen LogP contribution >= 0.6 is 0 Å². The molecule has 2 heterocycles. The van der Waals surface area contributed by atoms with E-state index in [2.05, 4.69) is 13.8 Å². The van der Waals surface area contributed by atoms with E-state index in [1.54, 1.807) is 0 Å². The van der Waals surface area contributed by atoms with Gasteiger partial charge in [0, 0.05) is 0 Å². The molecule has 0 radical (unpaired) electrons.